The maximum absolute atomic E-state index is 13.3. The van der Waals surface area contributed by atoms with Crippen molar-refractivity contribution in [2.45, 2.75) is 84.1 Å². The molecule has 0 aromatic heterocycles. The minimum Gasteiger partial charge on any atom is -0.508 e. The van der Waals surface area contributed by atoms with Crippen LogP contribution in [0.5, 0.6) is 17.2 Å². The highest BCUT2D eigenvalue weighted by atomic mass is 16.5. The maximum atomic E-state index is 13.3. The SMILES string of the molecule is CCCCC(C)N(CCNCCc1ccc(O)c2c1OCC(=O)N2)C(=O)CCOCCc1ccc(O)c(C2CCN(CC)CC2)c1. The van der Waals surface area contributed by atoms with E-state index in [-0.39, 0.29) is 30.2 Å². The predicted molar refractivity (Wildman–Crippen MR) is 181 cm³/mol. The molecule has 1 atom stereocenters. The van der Waals surface area contributed by atoms with Crippen molar-refractivity contribution in [3.63, 3.8) is 0 Å². The Labute approximate surface area is 274 Å². The van der Waals surface area contributed by atoms with E-state index >= 15 is 0 Å². The summed E-state index contributed by atoms with van der Waals surface area (Å²) in [5.41, 5.74) is 3.44. The van der Waals surface area contributed by atoms with Gasteiger partial charge in [0.15, 0.2) is 12.4 Å². The molecule has 0 saturated carbocycles. The molecule has 254 valence electrons. The zero-order chi connectivity index (χ0) is 32.9. The number of amides is 2. The summed E-state index contributed by atoms with van der Waals surface area (Å²) in [6, 6.07) is 9.46. The van der Waals surface area contributed by atoms with Crippen molar-refractivity contribution in [2.75, 3.05) is 64.4 Å². The fourth-order valence-electron chi connectivity index (χ4n) is 6.45. The van der Waals surface area contributed by atoms with E-state index < -0.39 is 0 Å². The molecule has 0 spiro atoms. The number of hydrogen-bond donors (Lipinski definition) is 4. The molecule has 2 heterocycles. The number of nitrogens with zero attached hydrogens (tertiary/aromatic N) is 2. The van der Waals surface area contributed by atoms with Crippen LogP contribution in [0.4, 0.5) is 5.69 Å². The summed E-state index contributed by atoms with van der Waals surface area (Å²) in [5, 5.41) is 26.7. The van der Waals surface area contributed by atoms with Crippen molar-refractivity contribution in [2.24, 2.45) is 0 Å². The average molecular weight is 639 g/mol. The molecule has 2 aromatic rings. The zero-order valence-corrected chi connectivity index (χ0v) is 28.0. The van der Waals surface area contributed by atoms with Crippen LogP contribution in [0.1, 0.15) is 81.9 Å². The van der Waals surface area contributed by atoms with Crippen LogP contribution >= 0.6 is 0 Å². The van der Waals surface area contributed by atoms with Crippen LogP contribution in [-0.2, 0) is 27.2 Å². The zero-order valence-electron chi connectivity index (χ0n) is 28.0. The van der Waals surface area contributed by atoms with E-state index in [9.17, 15) is 19.8 Å². The summed E-state index contributed by atoms with van der Waals surface area (Å²) in [4.78, 5) is 29.4. The molecule has 1 saturated heterocycles. The van der Waals surface area contributed by atoms with Crippen LogP contribution in [0, 0.1) is 0 Å². The molecule has 46 heavy (non-hydrogen) atoms. The molecule has 0 bridgehead atoms. The van der Waals surface area contributed by atoms with E-state index in [4.69, 9.17) is 9.47 Å². The highest BCUT2D eigenvalue weighted by molar-refractivity contribution is 5.97. The van der Waals surface area contributed by atoms with Crippen molar-refractivity contribution < 1.29 is 29.3 Å². The third-order valence-corrected chi connectivity index (χ3v) is 9.32. The lowest BCUT2D eigenvalue weighted by Crippen LogP contribution is -2.43. The van der Waals surface area contributed by atoms with Crippen LogP contribution in [-0.4, -0.2) is 97.0 Å². The topological polar surface area (TPSA) is 124 Å². The van der Waals surface area contributed by atoms with Gasteiger partial charge in [0.05, 0.1) is 19.6 Å². The first kappa shape index (κ1) is 35.5. The number of ether oxygens (including phenoxy) is 2. The number of benzene rings is 2. The van der Waals surface area contributed by atoms with Crippen molar-refractivity contribution in [3.8, 4) is 17.2 Å². The first-order valence-corrected chi connectivity index (χ1v) is 17.2. The van der Waals surface area contributed by atoms with E-state index in [0.29, 0.717) is 68.8 Å². The Bertz CT molecular complexity index is 1280. The highest BCUT2D eigenvalue weighted by Gasteiger charge is 2.24. The maximum Gasteiger partial charge on any atom is 0.262 e. The number of carbonyl (C=O) groups excluding carboxylic acids is 2. The van der Waals surface area contributed by atoms with Gasteiger partial charge < -0.3 is 40.1 Å². The fraction of sp³-hybridized carbons (Fsp3) is 0.611. The number of unbranched alkanes of at least 4 members (excludes halogenated alkanes) is 1. The average Bonchev–Trinajstić information content (AvgIpc) is 3.06. The number of carbonyl (C=O) groups is 2. The van der Waals surface area contributed by atoms with Gasteiger partial charge in [-0.2, -0.15) is 0 Å². The minimum atomic E-state index is -0.282. The molecule has 1 fully saturated rings. The summed E-state index contributed by atoms with van der Waals surface area (Å²) < 4.78 is 11.5. The van der Waals surface area contributed by atoms with E-state index in [1.807, 2.05) is 23.1 Å². The van der Waals surface area contributed by atoms with Gasteiger partial charge >= 0.3 is 0 Å². The van der Waals surface area contributed by atoms with Gasteiger partial charge in [-0.25, -0.2) is 0 Å². The second-order valence-electron chi connectivity index (χ2n) is 12.6. The smallest absolute Gasteiger partial charge is 0.262 e. The van der Waals surface area contributed by atoms with Gasteiger partial charge in [0.2, 0.25) is 5.91 Å². The number of likely N-dealkylation sites (tertiary alicyclic amines) is 1. The number of phenols is 2. The highest BCUT2D eigenvalue weighted by Crippen LogP contribution is 2.39. The van der Waals surface area contributed by atoms with Gasteiger partial charge in [0.1, 0.15) is 17.2 Å². The van der Waals surface area contributed by atoms with Gasteiger partial charge in [-0.15, -0.1) is 0 Å². The summed E-state index contributed by atoms with van der Waals surface area (Å²) in [6.07, 6.45) is 7.02. The molecule has 4 N–H and O–H groups in total. The molecule has 10 heteroatoms. The third-order valence-electron chi connectivity index (χ3n) is 9.32. The van der Waals surface area contributed by atoms with Gasteiger partial charge in [-0.3, -0.25) is 9.59 Å². The van der Waals surface area contributed by atoms with E-state index in [1.165, 1.54) is 0 Å². The van der Waals surface area contributed by atoms with Gasteiger partial charge in [0.25, 0.3) is 5.91 Å². The van der Waals surface area contributed by atoms with Crippen LogP contribution < -0.4 is 15.4 Å². The number of nitrogens with one attached hydrogen (secondary N) is 2. The molecule has 10 nitrogen and oxygen atoms in total. The van der Waals surface area contributed by atoms with Crippen molar-refractivity contribution in [3.05, 3.63) is 47.0 Å². The minimum absolute atomic E-state index is 0.00757. The van der Waals surface area contributed by atoms with Gasteiger partial charge in [-0.05, 0) is 99.9 Å². The monoisotopic (exact) mass is 638 g/mol. The summed E-state index contributed by atoms with van der Waals surface area (Å²) in [7, 11) is 0. The number of fused-ring (bicyclic) bond motifs is 1. The number of anilines is 1. The molecule has 2 aliphatic rings. The Hall–Kier alpha value is -3.34. The number of hydrogen-bond acceptors (Lipinski definition) is 8. The number of phenolic OH excluding ortho intramolecular Hbond substituents is 2. The Morgan fingerprint density at radius 3 is 2.65 bits per heavy atom. The Kier molecular flexibility index (Phi) is 14.0. The molecular weight excluding hydrogens is 584 g/mol. The molecule has 0 radical (unpaired) electrons. The predicted octanol–water partition coefficient (Wildman–Crippen LogP) is 4.82. The first-order chi connectivity index (χ1) is 22.3. The fourth-order valence-corrected chi connectivity index (χ4v) is 6.45. The van der Waals surface area contributed by atoms with Crippen LogP contribution in [0.25, 0.3) is 0 Å². The summed E-state index contributed by atoms with van der Waals surface area (Å²) in [6.45, 7) is 12.5. The second-order valence-corrected chi connectivity index (χ2v) is 12.6. The van der Waals surface area contributed by atoms with E-state index in [0.717, 1.165) is 74.8 Å². The Morgan fingerprint density at radius 1 is 1.11 bits per heavy atom. The molecule has 2 aliphatic heterocycles. The lowest BCUT2D eigenvalue weighted by molar-refractivity contribution is -0.134. The molecule has 2 amide bonds. The van der Waals surface area contributed by atoms with Crippen LogP contribution in [0.15, 0.2) is 30.3 Å². The Balaban J connectivity index is 1.20. The van der Waals surface area contributed by atoms with E-state index in [1.54, 1.807) is 6.07 Å². The Morgan fingerprint density at radius 2 is 1.89 bits per heavy atom. The van der Waals surface area contributed by atoms with Crippen molar-refractivity contribution in [1.82, 2.24) is 15.1 Å². The second kappa shape index (κ2) is 18.1. The van der Waals surface area contributed by atoms with Crippen LogP contribution in [0.3, 0.4) is 0 Å². The number of rotatable bonds is 18. The lowest BCUT2D eigenvalue weighted by Gasteiger charge is -2.31. The molecule has 1 unspecified atom stereocenters. The molecule has 2 aromatic carbocycles. The first-order valence-electron chi connectivity index (χ1n) is 17.2. The van der Waals surface area contributed by atoms with Crippen molar-refractivity contribution in [1.29, 1.82) is 0 Å². The molecule has 0 aliphatic carbocycles. The van der Waals surface area contributed by atoms with Crippen molar-refractivity contribution >= 4 is 17.5 Å². The summed E-state index contributed by atoms with van der Waals surface area (Å²) in [5.74, 6) is 1.12. The lowest BCUT2D eigenvalue weighted by atomic mass is 9.87. The standard InChI is InChI=1S/C36H54N4O6/c1-4-6-7-26(3)40(21-18-37-17-12-29-9-11-32(42)35-36(29)46-25-33(43)38-35)34(44)16-23-45-22-15-27-8-10-31(41)30(24-27)28-13-19-39(5-2)20-14-28/h8-11,24,26,28,37,41-42H,4-7,12-23,25H2,1-3H3,(H,38,43). The third kappa shape index (κ3) is 10.1. The van der Waals surface area contributed by atoms with E-state index in [2.05, 4.69) is 42.4 Å². The van der Waals surface area contributed by atoms with Crippen LogP contribution in [0.2, 0.25) is 0 Å². The number of aromatic hydroxyl groups is 2. The molecular formula is C36H54N4O6. The number of piperidine rings is 1. The van der Waals surface area contributed by atoms with Gasteiger partial charge in [0, 0.05) is 19.1 Å². The normalized spacial score (nSPS) is 16.0. The largest absolute Gasteiger partial charge is 0.508 e. The quantitative estimate of drug-likeness (QED) is 0.136. The summed E-state index contributed by atoms with van der Waals surface area (Å²) >= 11 is 0. The molecule has 4 rings (SSSR count). The van der Waals surface area contributed by atoms with Gasteiger partial charge in [-0.1, -0.05) is 44.9 Å².